The zero-order chi connectivity index (χ0) is 29.8. The average molecular weight is 841 g/mol. The number of hydrogen-bond donors (Lipinski definition) is 5. The predicted molar refractivity (Wildman–Crippen MR) is 157 cm³/mol. The molecule has 0 saturated heterocycles. The van der Waals surface area contributed by atoms with E-state index in [2.05, 4.69) is 74.2 Å². The van der Waals surface area contributed by atoms with Gasteiger partial charge in [-0.1, -0.05) is 5.16 Å². The highest BCUT2D eigenvalue weighted by Crippen LogP contribution is 2.44. The van der Waals surface area contributed by atoms with Crippen molar-refractivity contribution in [2.75, 3.05) is 20.3 Å². The highest BCUT2D eigenvalue weighted by molar-refractivity contribution is 9.12. The molecule has 3 atom stereocenters. The molecule has 1 heterocycles. The third-order valence-electron chi connectivity index (χ3n) is 5.68. The van der Waals surface area contributed by atoms with Crippen molar-refractivity contribution in [3.63, 3.8) is 0 Å². The van der Waals surface area contributed by atoms with E-state index < -0.39 is 39.9 Å². The lowest BCUT2D eigenvalue weighted by Crippen LogP contribution is -2.45. The third kappa shape index (κ3) is 8.05. The fourth-order valence-electron chi connectivity index (χ4n) is 3.83. The monoisotopic (exact) mass is 837 g/mol. The summed E-state index contributed by atoms with van der Waals surface area (Å²) in [7, 11) is -3.25. The van der Waals surface area contributed by atoms with Gasteiger partial charge in [-0.15, -0.1) is 0 Å². The standard InChI is InChI=1S/C22H23Br4N3O10S/c1-37-18-13(25)8-22(19(30)16(18)26)9-15(28-39-22)20(31)27-3-2-4-38-17-11(23)5-10(6-12(17)24)7-14(21(32)33)29-40(34,35)36/h5-6,8,14,19,29-30H,2-4,7,9H2,1H3,(H,27,31)(H,32,33)(H,34,35,36)/t14-,19+,22-/m0/s1. The summed E-state index contributed by atoms with van der Waals surface area (Å²) in [6.07, 6.45) is 0.686. The minimum absolute atomic E-state index is 0.0342. The Hall–Kier alpha value is -1.54. The van der Waals surface area contributed by atoms with Crippen LogP contribution < -0.4 is 14.8 Å². The number of aliphatic carboxylic acids is 1. The first-order chi connectivity index (χ1) is 18.7. The van der Waals surface area contributed by atoms with Crippen LogP contribution in [0.15, 0.2) is 47.0 Å². The number of halogens is 4. The maximum absolute atomic E-state index is 12.6. The molecule has 3 rings (SSSR count). The second kappa shape index (κ2) is 13.6. The van der Waals surface area contributed by atoms with E-state index in [0.717, 1.165) is 0 Å². The number of allylic oxidation sites excluding steroid dienone is 1. The number of nitrogens with zero attached hydrogens (tertiary/aromatic N) is 1. The molecule has 0 saturated carbocycles. The van der Waals surface area contributed by atoms with Crippen LogP contribution in [0.3, 0.4) is 0 Å². The van der Waals surface area contributed by atoms with Gasteiger partial charge in [0.25, 0.3) is 5.91 Å². The summed E-state index contributed by atoms with van der Waals surface area (Å²) in [6, 6.07) is 1.55. The van der Waals surface area contributed by atoms with Gasteiger partial charge >= 0.3 is 16.3 Å². The van der Waals surface area contributed by atoms with E-state index in [-0.39, 0.29) is 31.7 Å². The SMILES string of the molecule is COC1=C(Br)[C@@H](O)[C@]2(C=C1Br)CC(C(=O)NCCCOc1c(Br)cc(C[C@H](NS(=O)(=O)O)C(=O)O)cc1Br)=NO2. The molecule has 5 N–H and O–H groups in total. The molecule has 1 aliphatic carbocycles. The molecule has 0 unspecified atom stereocenters. The Balaban J connectivity index is 1.50. The van der Waals surface area contributed by atoms with Crippen molar-refractivity contribution in [2.24, 2.45) is 5.16 Å². The third-order valence-corrected chi connectivity index (χ3v) is 8.83. The van der Waals surface area contributed by atoms with E-state index in [1.54, 1.807) is 22.9 Å². The minimum atomic E-state index is -4.71. The number of ether oxygens (including phenoxy) is 2. The van der Waals surface area contributed by atoms with Crippen molar-refractivity contribution in [1.29, 1.82) is 0 Å². The van der Waals surface area contributed by atoms with E-state index >= 15 is 0 Å². The minimum Gasteiger partial charge on any atom is -0.495 e. The van der Waals surface area contributed by atoms with Gasteiger partial charge in [-0.25, -0.2) is 0 Å². The van der Waals surface area contributed by atoms with Crippen molar-refractivity contribution in [3.8, 4) is 5.75 Å². The molecule has 0 fully saturated rings. The van der Waals surface area contributed by atoms with Gasteiger partial charge in [-0.2, -0.15) is 13.1 Å². The molecule has 0 aromatic heterocycles. The summed E-state index contributed by atoms with van der Waals surface area (Å²) in [6.45, 7) is 0.455. The van der Waals surface area contributed by atoms with Crippen LogP contribution in [0.5, 0.6) is 5.75 Å². The Labute approximate surface area is 262 Å². The first-order valence-electron chi connectivity index (χ1n) is 11.3. The second-order valence-corrected chi connectivity index (χ2v) is 13.2. The van der Waals surface area contributed by atoms with E-state index in [4.69, 9.17) is 18.9 Å². The van der Waals surface area contributed by atoms with Crippen molar-refractivity contribution >= 4 is 91.6 Å². The van der Waals surface area contributed by atoms with Crippen molar-refractivity contribution in [3.05, 3.63) is 47.4 Å². The Morgan fingerprint density at radius 2 is 1.90 bits per heavy atom. The van der Waals surface area contributed by atoms with Crippen LogP contribution in [-0.2, 0) is 35.9 Å². The van der Waals surface area contributed by atoms with E-state index in [0.29, 0.717) is 41.4 Å². The first-order valence-corrected chi connectivity index (χ1v) is 15.9. The van der Waals surface area contributed by atoms with Crippen LogP contribution in [0.25, 0.3) is 0 Å². The topological polar surface area (TPSA) is 193 Å². The molecule has 1 aromatic carbocycles. The van der Waals surface area contributed by atoms with Gasteiger partial charge in [0.05, 0.1) is 31.6 Å². The second-order valence-electron chi connectivity index (χ2n) is 8.57. The lowest BCUT2D eigenvalue weighted by molar-refractivity contribution is -0.139. The maximum atomic E-state index is 12.6. The van der Waals surface area contributed by atoms with Crippen LogP contribution in [0.2, 0.25) is 0 Å². The lowest BCUT2D eigenvalue weighted by atomic mass is 9.87. The number of nitrogens with one attached hydrogen (secondary N) is 2. The number of hydrogen-bond acceptors (Lipinski definition) is 9. The average Bonchev–Trinajstić information content (AvgIpc) is 3.27. The highest BCUT2D eigenvalue weighted by atomic mass is 79.9. The molecule has 220 valence electrons. The molecule has 13 nitrogen and oxygen atoms in total. The molecular weight excluding hydrogens is 818 g/mol. The predicted octanol–water partition coefficient (Wildman–Crippen LogP) is 2.91. The van der Waals surface area contributed by atoms with Gasteiger partial charge < -0.3 is 29.8 Å². The molecule has 1 aromatic rings. The molecule has 0 bridgehead atoms. The number of carboxylic acids is 1. The number of methoxy groups -OCH3 is 1. The summed E-state index contributed by atoms with van der Waals surface area (Å²) >= 11 is 13.4. The van der Waals surface area contributed by atoms with E-state index in [1.165, 1.54) is 7.11 Å². The van der Waals surface area contributed by atoms with Crippen molar-refractivity contribution < 1.29 is 47.1 Å². The Bertz CT molecular complexity index is 1360. The van der Waals surface area contributed by atoms with Crippen LogP contribution in [0.4, 0.5) is 0 Å². The number of oxime groups is 1. The normalized spacial score (nSPS) is 21.4. The van der Waals surface area contributed by atoms with E-state index in [1.807, 2.05) is 0 Å². The Kier molecular flexibility index (Phi) is 11.2. The first kappa shape index (κ1) is 33.0. The highest BCUT2D eigenvalue weighted by Gasteiger charge is 2.50. The fourth-order valence-corrected chi connectivity index (χ4v) is 7.68. The fraction of sp³-hybridized carbons (Fsp3) is 0.409. The zero-order valence-electron chi connectivity index (χ0n) is 20.5. The van der Waals surface area contributed by atoms with Crippen molar-refractivity contribution in [1.82, 2.24) is 10.0 Å². The number of aliphatic hydroxyl groups is 1. The van der Waals surface area contributed by atoms with Crippen molar-refractivity contribution in [2.45, 2.75) is 37.0 Å². The van der Waals surface area contributed by atoms with Gasteiger partial charge in [-0.05, 0) is 100 Å². The molecule has 1 spiro atoms. The summed E-state index contributed by atoms with van der Waals surface area (Å²) in [4.78, 5) is 29.4. The van der Waals surface area contributed by atoms with Gasteiger partial charge in [0.1, 0.15) is 29.4 Å². The number of carbonyl (C=O) groups excluding carboxylic acids is 1. The lowest BCUT2D eigenvalue weighted by Gasteiger charge is -2.33. The molecular formula is C22H23Br4N3O10S. The van der Waals surface area contributed by atoms with E-state index in [9.17, 15) is 28.2 Å². The zero-order valence-corrected chi connectivity index (χ0v) is 27.6. The number of benzene rings is 1. The molecule has 1 aliphatic heterocycles. The number of aliphatic hydroxyl groups excluding tert-OH is 1. The summed E-state index contributed by atoms with van der Waals surface area (Å²) in [5.41, 5.74) is -0.695. The number of carboxylic acid groups (broad SMARTS) is 1. The summed E-state index contributed by atoms with van der Waals surface area (Å²) in [5, 5.41) is 26.5. The number of carbonyl (C=O) groups is 2. The molecule has 18 heteroatoms. The van der Waals surface area contributed by atoms with Gasteiger partial charge in [0, 0.05) is 13.0 Å². The van der Waals surface area contributed by atoms with Crippen LogP contribution in [0, 0.1) is 0 Å². The number of amides is 1. The largest absolute Gasteiger partial charge is 0.495 e. The Morgan fingerprint density at radius 3 is 2.48 bits per heavy atom. The maximum Gasteiger partial charge on any atom is 0.334 e. The van der Waals surface area contributed by atoms with Crippen LogP contribution in [-0.4, -0.2) is 78.8 Å². The smallest absolute Gasteiger partial charge is 0.334 e. The van der Waals surface area contributed by atoms with Crippen LogP contribution in [0.1, 0.15) is 18.4 Å². The molecule has 0 radical (unpaired) electrons. The van der Waals surface area contributed by atoms with Gasteiger partial charge in [0.15, 0.2) is 5.60 Å². The van der Waals surface area contributed by atoms with Gasteiger partial charge in [0.2, 0.25) is 0 Å². The molecule has 1 amide bonds. The Morgan fingerprint density at radius 1 is 1.25 bits per heavy atom. The summed E-state index contributed by atoms with van der Waals surface area (Å²) in [5.74, 6) is -1.09. The quantitative estimate of drug-likeness (QED) is 0.155. The number of rotatable bonds is 12. The molecule has 2 aliphatic rings. The summed E-state index contributed by atoms with van der Waals surface area (Å²) < 4.78 is 45.5. The van der Waals surface area contributed by atoms with Gasteiger partial charge in [-0.3, -0.25) is 14.1 Å². The van der Waals surface area contributed by atoms with Crippen LogP contribution >= 0.6 is 63.7 Å². The molecule has 40 heavy (non-hydrogen) atoms.